The van der Waals surface area contributed by atoms with Gasteiger partial charge in [-0.1, -0.05) is 67.9 Å². The van der Waals surface area contributed by atoms with Crippen LogP contribution in [0.1, 0.15) is 50.2 Å². The van der Waals surface area contributed by atoms with E-state index in [0.717, 1.165) is 24.2 Å². The van der Waals surface area contributed by atoms with Crippen LogP contribution in [0.3, 0.4) is 0 Å². The van der Waals surface area contributed by atoms with Crippen molar-refractivity contribution in [2.24, 2.45) is 0 Å². The lowest BCUT2D eigenvalue weighted by Gasteiger charge is -2.15. The highest BCUT2D eigenvalue weighted by molar-refractivity contribution is 6.32. The summed E-state index contributed by atoms with van der Waals surface area (Å²) < 4.78 is 11.4. The van der Waals surface area contributed by atoms with Crippen LogP contribution in [0.5, 0.6) is 11.5 Å². The molecule has 0 aromatic heterocycles. The molecule has 0 saturated carbocycles. The highest BCUT2D eigenvalue weighted by Crippen LogP contribution is 2.37. The first-order valence-corrected chi connectivity index (χ1v) is 10.3. The molecule has 0 bridgehead atoms. The molecule has 0 fully saturated rings. The molecular formula is C22H29Cl2NO2. The van der Waals surface area contributed by atoms with Gasteiger partial charge >= 0.3 is 0 Å². The first kappa shape index (κ1) is 21.9. The Bertz CT molecular complexity index is 689. The monoisotopic (exact) mass is 409 g/mol. The quantitative estimate of drug-likeness (QED) is 0.398. The lowest BCUT2D eigenvalue weighted by Crippen LogP contribution is -2.14. The lowest BCUT2D eigenvalue weighted by molar-refractivity contribution is 0.284. The Labute approximate surface area is 173 Å². The van der Waals surface area contributed by atoms with E-state index in [-0.39, 0.29) is 0 Å². The van der Waals surface area contributed by atoms with Gasteiger partial charge in [-0.15, -0.1) is 0 Å². The first-order chi connectivity index (χ1) is 13.1. The van der Waals surface area contributed by atoms with Gasteiger partial charge in [0.2, 0.25) is 0 Å². The molecule has 0 heterocycles. The van der Waals surface area contributed by atoms with Gasteiger partial charge in [0.05, 0.1) is 12.1 Å². The molecule has 2 rings (SSSR count). The van der Waals surface area contributed by atoms with Crippen molar-refractivity contribution in [1.82, 2.24) is 5.32 Å². The number of hydrogen-bond acceptors (Lipinski definition) is 3. The standard InChI is InChI=1S/C22H29Cl2NO2/c1-3-4-5-6-7-12-25-15-18-13-20(24)22(21(14-18)26-2)27-16-17-8-10-19(23)11-9-17/h8-11,13-14,25H,3-7,12,15-16H2,1-2H3. The van der Waals surface area contributed by atoms with Crippen LogP contribution in [0.2, 0.25) is 10.0 Å². The molecule has 1 N–H and O–H groups in total. The zero-order valence-electron chi connectivity index (χ0n) is 16.2. The fourth-order valence-corrected chi connectivity index (χ4v) is 3.25. The largest absolute Gasteiger partial charge is 0.493 e. The Hall–Kier alpha value is -1.42. The molecule has 27 heavy (non-hydrogen) atoms. The summed E-state index contributed by atoms with van der Waals surface area (Å²) >= 11 is 12.4. The summed E-state index contributed by atoms with van der Waals surface area (Å²) in [6.45, 7) is 4.42. The maximum absolute atomic E-state index is 6.45. The summed E-state index contributed by atoms with van der Waals surface area (Å²) in [5.41, 5.74) is 2.11. The maximum Gasteiger partial charge on any atom is 0.180 e. The van der Waals surface area contributed by atoms with Gasteiger partial charge in [0.25, 0.3) is 0 Å². The normalized spacial score (nSPS) is 10.8. The van der Waals surface area contributed by atoms with E-state index in [1.54, 1.807) is 7.11 Å². The van der Waals surface area contributed by atoms with Crippen LogP contribution < -0.4 is 14.8 Å². The molecule has 0 amide bonds. The smallest absolute Gasteiger partial charge is 0.180 e. The molecule has 0 radical (unpaired) electrons. The van der Waals surface area contributed by atoms with Gasteiger partial charge in [-0.3, -0.25) is 0 Å². The van der Waals surface area contributed by atoms with Gasteiger partial charge in [-0.05, 0) is 48.4 Å². The fraction of sp³-hybridized carbons (Fsp3) is 0.455. The molecule has 2 aromatic carbocycles. The second kappa shape index (κ2) is 12.1. The number of rotatable bonds is 12. The van der Waals surface area contributed by atoms with E-state index in [9.17, 15) is 0 Å². The molecule has 2 aromatic rings. The lowest BCUT2D eigenvalue weighted by atomic mass is 10.1. The Balaban J connectivity index is 1.88. The van der Waals surface area contributed by atoms with Gasteiger partial charge in [-0.2, -0.15) is 0 Å². The van der Waals surface area contributed by atoms with Crippen molar-refractivity contribution in [2.45, 2.75) is 52.2 Å². The average molecular weight is 410 g/mol. The minimum absolute atomic E-state index is 0.405. The average Bonchev–Trinajstić information content (AvgIpc) is 2.67. The third kappa shape index (κ3) is 7.61. The summed E-state index contributed by atoms with van der Waals surface area (Å²) in [6, 6.07) is 11.5. The summed E-state index contributed by atoms with van der Waals surface area (Å²) in [6.07, 6.45) is 6.40. The number of benzene rings is 2. The van der Waals surface area contributed by atoms with Crippen molar-refractivity contribution < 1.29 is 9.47 Å². The van der Waals surface area contributed by atoms with Crippen LogP contribution in [0, 0.1) is 0 Å². The SMILES string of the molecule is CCCCCCCNCc1cc(Cl)c(OCc2ccc(Cl)cc2)c(OC)c1. The molecule has 0 saturated heterocycles. The first-order valence-electron chi connectivity index (χ1n) is 9.58. The predicted octanol–water partition coefficient (Wildman–Crippen LogP) is 6.64. The van der Waals surface area contributed by atoms with Crippen molar-refractivity contribution in [2.75, 3.05) is 13.7 Å². The van der Waals surface area contributed by atoms with Crippen molar-refractivity contribution >= 4 is 23.2 Å². The van der Waals surface area contributed by atoms with Gasteiger partial charge < -0.3 is 14.8 Å². The summed E-state index contributed by atoms with van der Waals surface area (Å²) in [4.78, 5) is 0. The Kier molecular flexibility index (Phi) is 9.82. The highest BCUT2D eigenvalue weighted by atomic mass is 35.5. The zero-order chi connectivity index (χ0) is 19.5. The second-order valence-corrected chi connectivity index (χ2v) is 7.46. The number of hydrogen-bond donors (Lipinski definition) is 1. The number of unbranched alkanes of at least 4 members (excludes halogenated alkanes) is 4. The zero-order valence-corrected chi connectivity index (χ0v) is 17.7. The molecule has 148 valence electrons. The van der Waals surface area contributed by atoms with Crippen LogP contribution in [0.25, 0.3) is 0 Å². The topological polar surface area (TPSA) is 30.5 Å². The third-order valence-corrected chi connectivity index (χ3v) is 4.90. The molecule has 0 aliphatic carbocycles. The molecule has 0 aliphatic heterocycles. The van der Waals surface area contributed by atoms with Crippen molar-refractivity contribution in [3.05, 3.63) is 57.6 Å². The fourth-order valence-electron chi connectivity index (χ4n) is 2.84. The number of halogens is 2. The molecule has 3 nitrogen and oxygen atoms in total. The summed E-state index contributed by atoms with van der Waals surface area (Å²) in [7, 11) is 1.63. The number of ether oxygens (including phenoxy) is 2. The highest BCUT2D eigenvalue weighted by Gasteiger charge is 2.12. The van der Waals surface area contributed by atoms with E-state index in [1.807, 2.05) is 36.4 Å². The van der Waals surface area contributed by atoms with Crippen molar-refractivity contribution in [3.63, 3.8) is 0 Å². The van der Waals surface area contributed by atoms with Crippen LogP contribution in [-0.2, 0) is 13.2 Å². The molecule has 0 aliphatic rings. The van der Waals surface area contributed by atoms with Crippen LogP contribution >= 0.6 is 23.2 Å². The van der Waals surface area contributed by atoms with Gasteiger partial charge in [-0.25, -0.2) is 0 Å². The van der Waals surface area contributed by atoms with Crippen molar-refractivity contribution in [3.8, 4) is 11.5 Å². The Morgan fingerprint density at radius 1 is 0.926 bits per heavy atom. The maximum atomic E-state index is 6.45. The van der Waals surface area contributed by atoms with E-state index in [2.05, 4.69) is 12.2 Å². The Morgan fingerprint density at radius 2 is 1.67 bits per heavy atom. The van der Waals surface area contributed by atoms with Gasteiger partial charge in [0, 0.05) is 11.6 Å². The third-order valence-electron chi connectivity index (χ3n) is 4.37. The van der Waals surface area contributed by atoms with Gasteiger partial charge in [0.15, 0.2) is 11.5 Å². The van der Waals surface area contributed by atoms with E-state index in [4.69, 9.17) is 32.7 Å². The van der Waals surface area contributed by atoms with E-state index in [0.29, 0.717) is 28.2 Å². The number of methoxy groups -OCH3 is 1. The van der Waals surface area contributed by atoms with Gasteiger partial charge in [0.1, 0.15) is 6.61 Å². The predicted molar refractivity (Wildman–Crippen MR) is 114 cm³/mol. The van der Waals surface area contributed by atoms with E-state index >= 15 is 0 Å². The number of nitrogens with one attached hydrogen (secondary N) is 1. The minimum Gasteiger partial charge on any atom is -0.493 e. The second-order valence-electron chi connectivity index (χ2n) is 6.62. The van der Waals surface area contributed by atoms with Crippen molar-refractivity contribution in [1.29, 1.82) is 0 Å². The molecule has 0 unspecified atom stereocenters. The molecule has 0 spiro atoms. The Morgan fingerprint density at radius 3 is 2.37 bits per heavy atom. The van der Waals surface area contributed by atoms with Crippen LogP contribution in [0.4, 0.5) is 0 Å². The summed E-state index contributed by atoms with van der Waals surface area (Å²) in [5, 5.41) is 4.74. The summed E-state index contributed by atoms with van der Waals surface area (Å²) in [5.74, 6) is 1.22. The molecular weight excluding hydrogens is 381 g/mol. The minimum atomic E-state index is 0.405. The van der Waals surface area contributed by atoms with E-state index < -0.39 is 0 Å². The van der Waals surface area contributed by atoms with Crippen LogP contribution in [0.15, 0.2) is 36.4 Å². The van der Waals surface area contributed by atoms with E-state index in [1.165, 1.54) is 32.1 Å². The molecule has 0 atom stereocenters. The van der Waals surface area contributed by atoms with Crippen LogP contribution in [-0.4, -0.2) is 13.7 Å². The molecule has 5 heteroatoms.